The maximum absolute atomic E-state index is 11.7. The van der Waals surface area contributed by atoms with E-state index in [-0.39, 0.29) is 5.91 Å². The number of nitrogens with zero attached hydrogens (tertiary/aromatic N) is 1. The highest BCUT2D eigenvalue weighted by molar-refractivity contribution is 5.85. The van der Waals surface area contributed by atoms with Crippen molar-refractivity contribution in [3.8, 4) is 0 Å². The average Bonchev–Trinajstić information content (AvgIpc) is 2.25. The number of amides is 1. The number of carbonyl (C=O) groups is 3. The van der Waals surface area contributed by atoms with Crippen molar-refractivity contribution in [3.63, 3.8) is 0 Å². The lowest BCUT2D eigenvalue weighted by molar-refractivity contribution is -0.869. The molecule has 0 spiro atoms. The summed E-state index contributed by atoms with van der Waals surface area (Å²) >= 11 is 0. The van der Waals surface area contributed by atoms with Crippen LogP contribution in [0.2, 0.25) is 0 Å². The first kappa shape index (κ1) is 18.4. The van der Waals surface area contributed by atoms with Crippen LogP contribution in [0.15, 0.2) is 0 Å². The van der Waals surface area contributed by atoms with Crippen molar-refractivity contribution in [1.82, 2.24) is 5.32 Å². The zero-order valence-electron chi connectivity index (χ0n) is 13.1. The Hall–Kier alpha value is -1.63. The number of rotatable bonds is 7. The van der Waals surface area contributed by atoms with Crippen molar-refractivity contribution in [2.24, 2.45) is 0 Å². The van der Waals surface area contributed by atoms with Gasteiger partial charge in [0.1, 0.15) is 0 Å². The van der Waals surface area contributed by atoms with Crippen LogP contribution in [0.5, 0.6) is 0 Å². The predicted octanol–water partition coefficient (Wildman–Crippen LogP) is -0.308. The highest BCUT2D eigenvalue weighted by Gasteiger charge is 2.23. The van der Waals surface area contributed by atoms with Crippen LogP contribution in [0.1, 0.15) is 20.8 Å². The van der Waals surface area contributed by atoms with E-state index in [2.05, 4.69) is 10.1 Å². The number of hydrogen-bond acceptors (Lipinski definition) is 5. The molecule has 0 unspecified atom stereocenters. The zero-order valence-corrected chi connectivity index (χ0v) is 13.1. The first-order chi connectivity index (χ1) is 9.03. The lowest BCUT2D eigenvalue weighted by Crippen LogP contribution is -2.45. The summed E-state index contributed by atoms with van der Waals surface area (Å²) in [7, 11) is 6.03. The normalized spacial score (nSPS) is 14.1. The molecule has 0 aromatic heterocycles. The third kappa shape index (κ3) is 8.47. The minimum Gasteiger partial charge on any atom is -0.451 e. The van der Waals surface area contributed by atoms with E-state index in [9.17, 15) is 14.4 Å². The fourth-order valence-corrected chi connectivity index (χ4v) is 1.28. The second-order valence-electron chi connectivity index (χ2n) is 5.64. The van der Waals surface area contributed by atoms with Gasteiger partial charge in [-0.1, -0.05) is 0 Å². The minimum absolute atomic E-state index is 0.373. The van der Waals surface area contributed by atoms with Gasteiger partial charge in [0, 0.05) is 6.92 Å². The largest absolute Gasteiger partial charge is 0.451 e. The number of nitrogens with one attached hydrogen (secondary N) is 1. The second kappa shape index (κ2) is 7.84. The first-order valence-corrected chi connectivity index (χ1v) is 6.49. The molecular weight excluding hydrogens is 264 g/mol. The summed E-state index contributed by atoms with van der Waals surface area (Å²) in [6.45, 7) is 5.32. The summed E-state index contributed by atoms with van der Waals surface area (Å²) in [6.07, 6.45) is -1.94. The van der Waals surface area contributed by atoms with E-state index in [0.29, 0.717) is 6.54 Å². The molecule has 0 bridgehead atoms. The minimum atomic E-state index is -1.02. The summed E-state index contributed by atoms with van der Waals surface area (Å²) < 4.78 is 10.3. The number of quaternary nitrogens is 1. The Labute approximate surface area is 119 Å². The highest BCUT2D eigenvalue weighted by Crippen LogP contribution is 2.00. The fraction of sp³-hybridized carbons (Fsp3) is 0.769. The van der Waals surface area contributed by atoms with Gasteiger partial charge in [-0.05, 0) is 13.8 Å². The Morgan fingerprint density at radius 3 is 2.05 bits per heavy atom. The van der Waals surface area contributed by atoms with Gasteiger partial charge in [-0.25, -0.2) is 4.79 Å². The van der Waals surface area contributed by atoms with Crippen LogP contribution in [-0.2, 0) is 23.9 Å². The molecule has 0 aromatic rings. The van der Waals surface area contributed by atoms with Crippen LogP contribution in [0.3, 0.4) is 0 Å². The van der Waals surface area contributed by atoms with Gasteiger partial charge in [-0.15, -0.1) is 0 Å². The van der Waals surface area contributed by atoms with Gasteiger partial charge >= 0.3 is 11.9 Å². The first-order valence-electron chi connectivity index (χ1n) is 6.49. The van der Waals surface area contributed by atoms with Gasteiger partial charge < -0.3 is 19.3 Å². The van der Waals surface area contributed by atoms with E-state index in [1.807, 2.05) is 21.1 Å². The fourth-order valence-electron chi connectivity index (χ4n) is 1.28. The molecule has 20 heavy (non-hydrogen) atoms. The summed E-state index contributed by atoms with van der Waals surface area (Å²) in [6, 6.07) is 0. The standard InChI is InChI=1S/C13H24N2O5/c1-9(12(17)14-7-8-15(4,5)6)20-13(18)10(2)19-11(3)16/h9-10H,7-8H2,1-6H3/p+1/t9-,10-/m0/s1. The molecule has 116 valence electrons. The molecule has 0 fully saturated rings. The van der Waals surface area contributed by atoms with E-state index in [1.54, 1.807) is 0 Å². The molecule has 0 aliphatic heterocycles. The molecule has 1 amide bonds. The Balaban J connectivity index is 4.13. The lowest BCUT2D eigenvalue weighted by Gasteiger charge is -2.24. The third-order valence-corrected chi connectivity index (χ3v) is 2.42. The Morgan fingerprint density at radius 2 is 1.60 bits per heavy atom. The summed E-state index contributed by atoms with van der Waals surface area (Å²) in [5.41, 5.74) is 0. The SMILES string of the molecule is CC(=O)O[C@@H](C)C(=O)O[C@@H](C)C(=O)NCC[N+](C)(C)C. The summed E-state index contributed by atoms with van der Waals surface area (Å²) in [5.74, 6) is -1.69. The Morgan fingerprint density at radius 1 is 1.05 bits per heavy atom. The lowest BCUT2D eigenvalue weighted by atomic mass is 10.3. The topological polar surface area (TPSA) is 81.7 Å². The third-order valence-electron chi connectivity index (χ3n) is 2.42. The molecule has 0 aromatic carbocycles. The van der Waals surface area contributed by atoms with Gasteiger partial charge in [0.05, 0.1) is 34.2 Å². The summed E-state index contributed by atoms with van der Waals surface area (Å²) in [5, 5.41) is 2.68. The van der Waals surface area contributed by atoms with Crippen molar-refractivity contribution < 1.29 is 28.3 Å². The number of carbonyl (C=O) groups excluding carboxylic acids is 3. The Kier molecular flexibility index (Phi) is 7.20. The molecule has 0 aliphatic rings. The van der Waals surface area contributed by atoms with Crippen LogP contribution in [0.25, 0.3) is 0 Å². The van der Waals surface area contributed by atoms with Crippen molar-refractivity contribution in [1.29, 1.82) is 0 Å². The van der Waals surface area contributed by atoms with Crippen LogP contribution < -0.4 is 5.32 Å². The van der Waals surface area contributed by atoms with Crippen LogP contribution >= 0.6 is 0 Å². The molecular formula is C13H25N2O5+. The maximum Gasteiger partial charge on any atom is 0.347 e. The highest BCUT2D eigenvalue weighted by atomic mass is 16.6. The van der Waals surface area contributed by atoms with E-state index in [1.165, 1.54) is 20.8 Å². The average molecular weight is 289 g/mol. The van der Waals surface area contributed by atoms with E-state index < -0.39 is 24.1 Å². The van der Waals surface area contributed by atoms with E-state index >= 15 is 0 Å². The summed E-state index contributed by atoms with van der Waals surface area (Å²) in [4.78, 5) is 34.0. The van der Waals surface area contributed by atoms with Crippen LogP contribution in [0, 0.1) is 0 Å². The van der Waals surface area contributed by atoms with Crippen LogP contribution in [0.4, 0.5) is 0 Å². The van der Waals surface area contributed by atoms with Crippen molar-refractivity contribution >= 4 is 17.8 Å². The number of ether oxygens (including phenoxy) is 2. The molecule has 0 saturated carbocycles. The molecule has 7 nitrogen and oxygen atoms in total. The maximum atomic E-state index is 11.7. The monoisotopic (exact) mass is 289 g/mol. The molecule has 0 saturated heterocycles. The van der Waals surface area contributed by atoms with E-state index in [4.69, 9.17) is 4.74 Å². The number of likely N-dealkylation sites (N-methyl/N-ethyl adjacent to an activating group) is 1. The second-order valence-corrected chi connectivity index (χ2v) is 5.64. The number of esters is 2. The molecule has 1 N–H and O–H groups in total. The van der Waals surface area contributed by atoms with Gasteiger partial charge in [0.2, 0.25) is 0 Å². The Bertz CT molecular complexity index is 362. The van der Waals surface area contributed by atoms with E-state index in [0.717, 1.165) is 11.0 Å². The van der Waals surface area contributed by atoms with Crippen molar-refractivity contribution in [3.05, 3.63) is 0 Å². The van der Waals surface area contributed by atoms with Gasteiger partial charge in [0.25, 0.3) is 5.91 Å². The zero-order chi connectivity index (χ0) is 15.9. The van der Waals surface area contributed by atoms with Crippen molar-refractivity contribution in [2.75, 3.05) is 34.2 Å². The molecule has 2 atom stereocenters. The van der Waals surface area contributed by atoms with Gasteiger partial charge in [-0.3, -0.25) is 9.59 Å². The molecule has 7 heteroatoms. The number of hydrogen-bond donors (Lipinski definition) is 1. The van der Waals surface area contributed by atoms with Gasteiger partial charge in [-0.2, -0.15) is 0 Å². The molecule has 0 aliphatic carbocycles. The van der Waals surface area contributed by atoms with Crippen LogP contribution in [-0.4, -0.2) is 68.8 Å². The van der Waals surface area contributed by atoms with Crippen molar-refractivity contribution in [2.45, 2.75) is 33.0 Å². The van der Waals surface area contributed by atoms with Gasteiger partial charge in [0.15, 0.2) is 12.2 Å². The molecule has 0 rings (SSSR count). The quantitative estimate of drug-likeness (QED) is 0.514. The molecule has 0 heterocycles. The predicted molar refractivity (Wildman–Crippen MR) is 72.7 cm³/mol. The smallest absolute Gasteiger partial charge is 0.347 e. The molecule has 0 radical (unpaired) electrons.